The quantitative estimate of drug-likeness (QED) is 0.502. The summed E-state index contributed by atoms with van der Waals surface area (Å²) >= 11 is 0. The Morgan fingerprint density at radius 1 is 0.562 bits per heavy atom. The Morgan fingerprint density at radius 2 is 0.812 bits per heavy atom. The summed E-state index contributed by atoms with van der Waals surface area (Å²) in [5, 5.41) is 1.50. The van der Waals surface area contributed by atoms with Crippen molar-refractivity contribution in [1.82, 2.24) is 19.9 Å². The smallest absolute Gasteiger partial charge is 0.0982 e. The van der Waals surface area contributed by atoms with E-state index in [0.29, 0.717) is 0 Å². The molecule has 2 aromatic heterocycles. The first-order chi connectivity index (χ1) is 7.79. The van der Waals surface area contributed by atoms with E-state index in [2.05, 4.69) is 33.1 Å². The molecule has 4 nitrogen and oxygen atoms in total. The van der Waals surface area contributed by atoms with Gasteiger partial charge in [-0.05, 0) is 0 Å². The van der Waals surface area contributed by atoms with E-state index in [4.69, 9.17) is 0 Å². The van der Waals surface area contributed by atoms with Gasteiger partial charge in [0.1, 0.15) is 0 Å². The molecule has 0 unspecified atom stereocenters. The lowest BCUT2D eigenvalue weighted by Gasteiger charge is -2.01. The lowest BCUT2D eigenvalue weighted by Crippen LogP contribution is -2.16. The zero-order chi connectivity index (χ0) is 11.1. The van der Waals surface area contributed by atoms with Gasteiger partial charge >= 0.3 is 0 Å². The Labute approximate surface area is 91.0 Å². The summed E-state index contributed by atoms with van der Waals surface area (Å²) in [7, 11) is 0. The Bertz CT molecular complexity index is 664. The van der Waals surface area contributed by atoms with E-state index in [1.165, 1.54) is 0 Å². The van der Waals surface area contributed by atoms with Gasteiger partial charge in [0.2, 0.25) is 0 Å². The van der Waals surface area contributed by atoms with Crippen LogP contribution < -0.4 is 10.4 Å². The normalized spacial score (nSPS) is 11.0. The standard InChI is InChI=1S/C12H8N4/c1-7-9-11(15-5-3-13-9)8(2)12-10(7)14-4-6-16-12/h3-6H,1-2H2. The third-order valence-electron chi connectivity index (χ3n) is 2.54. The van der Waals surface area contributed by atoms with Gasteiger partial charge in [0, 0.05) is 35.2 Å². The monoisotopic (exact) mass is 208 g/mol. The number of aromatic nitrogens is 4. The van der Waals surface area contributed by atoms with Crippen LogP contribution >= 0.6 is 0 Å². The largest absolute Gasteiger partial charge is 0.252 e. The van der Waals surface area contributed by atoms with Crippen LogP contribution in [0.1, 0.15) is 0 Å². The van der Waals surface area contributed by atoms with E-state index in [1.807, 2.05) is 0 Å². The van der Waals surface area contributed by atoms with Crippen molar-refractivity contribution in [2.75, 3.05) is 0 Å². The van der Waals surface area contributed by atoms with Gasteiger partial charge in [-0.15, -0.1) is 0 Å². The van der Waals surface area contributed by atoms with E-state index >= 15 is 0 Å². The van der Waals surface area contributed by atoms with Crippen molar-refractivity contribution < 1.29 is 0 Å². The average molecular weight is 208 g/mol. The second-order valence-electron chi connectivity index (χ2n) is 3.46. The van der Waals surface area contributed by atoms with E-state index in [-0.39, 0.29) is 0 Å². The van der Waals surface area contributed by atoms with Crippen molar-refractivity contribution in [1.29, 1.82) is 0 Å². The van der Waals surface area contributed by atoms with Gasteiger partial charge in [0.15, 0.2) is 0 Å². The van der Waals surface area contributed by atoms with E-state index in [0.717, 1.165) is 32.5 Å². The van der Waals surface area contributed by atoms with Crippen molar-refractivity contribution in [2.45, 2.75) is 0 Å². The molecule has 0 aliphatic carbocycles. The lowest BCUT2D eigenvalue weighted by molar-refractivity contribution is 1.25. The van der Waals surface area contributed by atoms with Crippen molar-refractivity contribution in [3.05, 3.63) is 35.2 Å². The molecule has 0 saturated heterocycles. The van der Waals surface area contributed by atoms with Gasteiger partial charge < -0.3 is 0 Å². The first kappa shape index (κ1) is 8.91. The van der Waals surface area contributed by atoms with E-state index in [1.54, 1.807) is 24.8 Å². The van der Waals surface area contributed by atoms with Crippen LogP contribution in [-0.4, -0.2) is 19.9 Å². The highest BCUT2D eigenvalue weighted by Crippen LogP contribution is 2.03. The second-order valence-corrected chi connectivity index (χ2v) is 3.46. The maximum Gasteiger partial charge on any atom is 0.0982 e. The molecule has 76 valence electrons. The molecule has 0 radical (unpaired) electrons. The number of fused-ring (bicyclic) bond motifs is 2. The topological polar surface area (TPSA) is 51.6 Å². The summed E-state index contributed by atoms with van der Waals surface area (Å²) in [5.74, 6) is 0. The predicted octanol–water partition coefficient (Wildman–Crippen LogP) is 0.394. The molecular formula is C12H8N4. The van der Waals surface area contributed by atoms with Crippen molar-refractivity contribution >= 4 is 35.2 Å². The van der Waals surface area contributed by atoms with Crippen molar-refractivity contribution in [3.63, 3.8) is 0 Å². The van der Waals surface area contributed by atoms with E-state index in [9.17, 15) is 0 Å². The number of hydrogen-bond donors (Lipinski definition) is 0. The first-order valence-electron chi connectivity index (χ1n) is 4.80. The van der Waals surface area contributed by atoms with Gasteiger partial charge in [0.25, 0.3) is 0 Å². The highest BCUT2D eigenvalue weighted by Gasteiger charge is 2.05. The Hall–Kier alpha value is -2.36. The minimum atomic E-state index is 0.737. The summed E-state index contributed by atoms with van der Waals surface area (Å²) < 4.78 is 0. The van der Waals surface area contributed by atoms with Crippen LogP contribution in [0.5, 0.6) is 0 Å². The van der Waals surface area contributed by atoms with Gasteiger partial charge in [-0.2, -0.15) is 0 Å². The predicted molar refractivity (Wildman–Crippen MR) is 62.9 cm³/mol. The van der Waals surface area contributed by atoms with Crippen LogP contribution in [0.15, 0.2) is 24.8 Å². The van der Waals surface area contributed by atoms with Crippen LogP contribution in [0, 0.1) is 0 Å². The van der Waals surface area contributed by atoms with Gasteiger partial charge in [-0.25, -0.2) is 0 Å². The minimum absolute atomic E-state index is 0.737. The Kier molecular flexibility index (Phi) is 1.71. The summed E-state index contributed by atoms with van der Waals surface area (Å²) in [4.78, 5) is 17.0. The van der Waals surface area contributed by atoms with E-state index < -0.39 is 0 Å². The van der Waals surface area contributed by atoms with Crippen LogP contribution in [0.25, 0.3) is 35.2 Å². The SMILES string of the molecule is C=c1c2nccnc2c(=C)c2nccnc12. The molecule has 0 aliphatic rings. The lowest BCUT2D eigenvalue weighted by atomic mass is 10.2. The third kappa shape index (κ3) is 1.04. The van der Waals surface area contributed by atoms with Crippen LogP contribution in [0.3, 0.4) is 0 Å². The molecule has 3 aromatic rings. The van der Waals surface area contributed by atoms with Gasteiger partial charge in [-0.3, -0.25) is 19.9 Å². The molecule has 0 fully saturated rings. The van der Waals surface area contributed by atoms with Crippen LogP contribution in [0.4, 0.5) is 0 Å². The fraction of sp³-hybridized carbons (Fsp3) is 0. The molecular weight excluding hydrogens is 200 g/mol. The summed E-state index contributed by atoms with van der Waals surface area (Å²) in [6.07, 6.45) is 6.55. The maximum atomic E-state index is 4.26. The molecule has 2 heterocycles. The molecule has 0 N–H and O–H groups in total. The molecule has 3 rings (SSSR count). The summed E-state index contributed by atoms with van der Waals surface area (Å²) in [6, 6.07) is 0. The van der Waals surface area contributed by atoms with Gasteiger partial charge in [-0.1, -0.05) is 13.2 Å². The summed E-state index contributed by atoms with van der Waals surface area (Å²) in [5.41, 5.74) is 2.95. The van der Waals surface area contributed by atoms with Crippen LogP contribution in [0.2, 0.25) is 0 Å². The highest BCUT2D eigenvalue weighted by atomic mass is 14.8. The third-order valence-corrected chi connectivity index (χ3v) is 2.54. The second kappa shape index (κ2) is 3.06. The van der Waals surface area contributed by atoms with Crippen molar-refractivity contribution in [3.8, 4) is 0 Å². The van der Waals surface area contributed by atoms with Crippen molar-refractivity contribution in [2.24, 2.45) is 0 Å². The molecule has 0 saturated carbocycles. The zero-order valence-electron chi connectivity index (χ0n) is 8.51. The number of benzene rings is 1. The number of hydrogen-bond acceptors (Lipinski definition) is 4. The molecule has 0 spiro atoms. The Morgan fingerprint density at radius 3 is 1.06 bits per heavy atom. The first-order valence-corrected chi connectivity index (χ1v) is 4.80. The number of rotatable bonds is 0. The minimum Gasteiger partial charge on any atom is -0.252 e. The van der Waals surface area contributed by atoms with Crippen LogP contribution in [-0.2, 0) is 0 Å². The van der Waals surface area contributed by atoms with Gasteiger partial charge in [0.05, 0.1) is 22.1 Å². The Balaban J connectivity index is 2.79. The fourth-order valence-electron chi connectivity index (χ4n) is 1.78. The fourth-order valence-corrected chi connectivity index (χ4v) is 1.78. The average Bonchev–Trinajstić information content (AvgIpc) is 2.36. The molecule has 0 bridgehead atoms. The summed E-state index contributed by atoms with van der Waals surface area (Å²) in [6.45, 7) is 7.97. The zero-order valence-corrected chi connectivity index (χ0v) is 8.51. The molecule has 0 aliphatic heterocycles. The molecule has 16 heavy (non-hydrogen) atoms. The molecule has 4 heteroatoms. The molecule has 1 aromatic carbocycles. The highest BCUT2D eigenvalue weighted by molar-refractivity contribution is 5.91. The molecule has 0 amide bonds. The number of nitrogens with zero attached hydrogens (tertiary/aromatic N) is 4. The maximum absolute atomic E-state index is 4.26. The molecule has 0 atom stereocenters.